The summed E-state index contributed by atoms with van der Waals surface area (Å²) in [4.78, 5) is 6.74. The molecule has 4 heteroatoms. The number of nitriles is 1. The minimum atomic E-state index is 0.368. The van der Waals surface area contributed by atoms with E-state index in [1.165, 1.54) is 12.8 Å². The Kier molecular flexibility index (Phi) is 2.92. The molecule has 3 atom stereocenters. The summed E-state index contributed by atoms with van der Waals surface area (Å²) in [5.41, 5.74) is 0.615. The summed E-state index contributed by atoms with van der Waals surface area (Å²) in [5.74, 6) is 1.62. The molecule has 1 aliphatic heterocycles. The minimum Gasteiger partial charge on any atom is -0.376 e. The van der Waals surface area contributed by atoms with Gasteiger partial charge < -0.3 is 9.64 Å². The highest BCUT2D eigenvalue weighted by Crippen LogP contribution is 2.41. The molecular formula is C14H17N3O. The molecule has 4 nitrogen and oxygen atoms in total. The quantitative estimate of drug-likeness (QED) is 0.814. The van der Waals surface area contributed by atoms with Gasteiger partial charge in [-0.05, 0) is 31.9 Å². The van der Waals surface area contributed by atoms with Crippen molar-refractivity contribution in [2.75, 3.05) is 18.1 Å². The monoisotopic (exact) mass is 243 g/mol. The second-order valence-electron chi connectivity index (χ2n) is 4.99. The van der Waals surface area contributed by atoms with Gasteiger partial charge in [-0.25, -0.2) is 4.98 Å². The number of rotatable bonds is 3. The number of hydrogen-bond donors (Lipinski definition) is 0. The molecule has 0 spiro atoms. The van der Waals surface area contributed by atoms with Gasteiger partial charge in [-0.3, -0.25) is 0 Å². The lowest BCUT2D eigenvalue weighted by Gasteiger charge is -2.28. The summed E-state index contributed by atoms with van der Waals surface area (Å²) < 4.78 is 5.86. The zero-order valence-corrected chi connectivity index (χ0v) is 10.5. The topological polar surface area (TPSA) is 49.1 Å². The highest BCUT2D eigenvalue weighted by molar-refractivity contribution is 5.45. The molecule has 0 unspecified atom stereocenters. The van der Waals surface area contributed by atoms with Crippen LogP contribution in [0.15, 0.2) is 18.3 Å². The predicted molar refractivity (Wildman–Crippen MR) is 68.2 cm³/mol. The third-order valence-corrected chi connectivity index (χ3v) is 4.04. The average molecular weight is 243 g/mol. The van der Waals surface area contributed by atoms with Gasteiger partial charge in [0, 0.05) is 25.3 Å². The van der Waals surface area contributed by atoms with E-state index >= 15 is 0 Å². The molecule has 2 aliphatic rings. The number of pyridine rings is 1. The van der Waals surface area contributed by atoms with Crippen LogP contribution in [0.3, 0.4) is 0 Å². The summed E-state index contributed by atoms with van der Waals surface area (Å²) in [6.07, 6.45) is 4.48. The molecule has 0 radical (unpaired) electrons. The van der Waals surface area contributed by atoms with Crippen molar-refractivity contribution in [2.45, 2.75) is 31.9 Å². The largest absolute Gasteiger partial charge is 0.376 e. The standard InChI is InChI=1S/C14H17N3O/c1-2-18-14-11-4-5-12(14)17(9-11)13-6-3-10(7-15)8-16-13/h3,6,8,11-12,14H,2,4-5,9H2,1H3/t11-,12+,14+/m0/s1. The number of piperidine rings is 1. The van der Waals surface area contributed by atoms with E-state index in [1.54, 1.807) is 6.20 Å². The first-order valence-corrected chi connectivity index (χ1v) is 6.58. The SMILES string of the molecule is CCO[C@@H]1[C@H]2CC[C@H]1N(c1ccc(C#N)cn1)C2. The lowest BCUT2D eigenvalue weighted by atomic mass is 10.1. The highest BCUT2D eigenvalue weighted by atomic mass is 16.5. The van der Waals surface area contributed by atoms with Crippen molar-refractivity contribution in [3.63, 3.8) is 0 Å². The Hall–Kier alpha value is -1.60. The average Bonchev–Trinajstić information content (AvgIpc) is 2.97. The van der Waals surface area contributed by atoms with Gasteiger partial charge in [0.05, 0.1) is 17.7 Å². The molecule has 1 aliphatic carbocycles. The molecule has 1 saturated carbocycles. The zero-order chi connectivity index (χ0) is 12.5. The molecule has 2 fully saturated rings. The highest BCUT2D eigenvalue weighted by Gasteiger charge is 2.47. The summed E-state index contributed by atoms with van der Waals surface area (Å²) >= 11 is 0. The first kappa shape index (κ1) is 11.5. The van der Waals surface area contributed by atoms with Gasteiger partial charge in [-0.2, -0.15) is 5.26 Å². The Bertz CT molecular complexity index is 465. The maximum Gasteiger partial charge on any atom is 0.128 e. The maximum absolute atomic E-state index is 8.79. The van der Waals surface area contributed by atoms with Gasteiger partial charge in [-0.1, -0.05) is 0 Å². The van der Waals surface area contributed by atoms with E-state index in [0.717, 1.165) is 19.0 Å². The molecule has 1 aromatic rings. The Labute approximate surface area is 107 Å². The van der Waals surface area contributed by atoms with Crippen molar-refractivity contribution in [1.29, 1.82) is 5.26 Å². The molecule has 18 heavy (non-hydrogen) atoms. The smallest absolute Gasteiger partial charge is 0.128 e. The van der Waals surface area contributed by atoms with Crippen LogP contribution in [-0.2, 0) is 4.74 Å². The van der Waals surface area contributed by atoms with E-state index in [-0.39, 0.29) is 0 Å². The number of ether oxygens (including phenoxy) is 1. The van der Waals surface area contributed by atoms with Crippen LogP contribution < -0.4 is 4.90 Å². The van der Waals surface area contributed by atoms with Crippen LogP contribution in [0, 0.1) is 17.2 Å². The van der Waals surface area contributed by atoms with Crippen LogP contribution in [0.25, 0.3) is 0 Å². The fraction of sp³-hybridized carbons (Fsp3) is 0.571. The molecule has 3 rings (SSSR count). The molecule has 0 amide bonds. The van der Waals surface area contributed by atoms with Crippen LogP contribution >= 0.6 is 0 Å². The number of hydrogen-bond acceptors (Lipinski definition) is 4. The second kappa shape index (κ2) is 4.58. The van der Waals surface area contributed by atoms with Crippen molar-refractivity contribution >= 4 is 5.82 Å². The Balaban J connectivity index is 1.80. The van der Waals surface area contributed by atoms with E-state index in [9.17, 15) is 0 Å². The predicted octanol–water partition coefficient (Wildman–Crippen LogP) is 1.96. The molecule has 94 valence electrons. The Morgan fingerprint density at radius 3 is 3.06 bits per heavy atom. The van der Waals surface area contributed by atoms with Crippen molar-refractivity contribution in [2.24, 2.45) is 5.92 Å². The van der Waals surface area contributed by atoms with Crippen molar-refractivity contribution in [1.82, 2.24) is 4.98 Å². The first-order valence-electron chi connectivity index (χ1n) is 6.58. The first-order chi connectivity index (χ1) is 8.83. The lowest BCUT2D eigenvalue weighted by Crippen LogP contribution is -2.35. The number of fused-ring (bicyclic) bond motifs is 2. The number of nitrogens with zero attached hydrogens (tertiary/aromatic N) is 3. The molecule has 1 aromatic heterocycles. The summed E-state index contributed by atoms with van der Waals surface area (Å²) in [5, 5.41) is 8.79. The van der Waals surface area contributed by atoms with Crippen LogP contribution in [-0.4, -0.2) is 30.3 Å². The van der Waals surface area contributed by atoms with E-state index < -0.39 is 0 Å². The van der Waals surface area contributed by atoms with Gasteiger partial charge >= 0.3 is 0 Å². The van der Waals surface area contributed by atoms with Gasteiger partial charge in [0.25, 0.3) is 0 Å². The third-order valence-electron chi connectivity index (χ3n) is 4.04. The second-order valence-corrected chi connectivity index (χ2v) is 4.99. The summed E-state index contributed by atoms with van der Waals surface area (Å²) in [7, 11) is 0. The third kappa shape index (κ3) is 1.75. The van der Waals surface area contributed by atoms with Crippen molar-refractivity contribution in [3.8, 4) is 6.07 Å². The Morgan fingerprint density at radius 1 is 1.50 bits per heavy atom. The van der Waals surface area contributed by atoms with E-state index in [4.69, 9.17) is 10.00 Å². The molecular weight excluding hydrogens is 226 g/mol. The van der Waals surface area contributed by atoms with Crippen molar-refractivity contribution < 1.29 is 4.74 Å². The van der Waals surface area contributed by atoms with Gasteiger partial charge in [0.1, 0.15) is 11.9 Å². The fourth-order valence-corrected chi connectivity index (χ4v) is 3.27. The van der Waals surface area contributed by atoms with Crippen LogP contribution in [0.1, 0.15) is 25.3 Å². The lowest BCUT2D eigenvalue weighted by molar-refractivity contribution is 0.0482. The summed E-state index contributed by atoms with van der Waals surface area (Å²) in [6, 6.07) is 6.35. The molecule has 1 saturated heterocycles. The Morgan fingerprint density at radius 2 is 2.39 bits per heavy atom. The molecule has 0 N–H and O–H groups in total. The zero-order valence-electron chi connectivity index (χ0n) is 10.5. The van der Waals surface area contributed by atoms with Crippen LogP contribution in [0.2, 0.25) is 0 Å². The van der Waals surface area contributed by atoms with Gasteiger partial charge in [-0.15, -0.1) is 0 Å². The molecule has 0 aromatic carbocycles. The normalized spacial score (nSPS) is 29.6. The van der Waals surface area contributed by atoms with Gasteiger partial charge in [0.2, 0.25) is 0 Å². The van der Waals surface area contributed by atoms with E-state index in [2.05, 4.69) is 22.9 Å². The molecule has 2 bridgehead atoms. The minimum absolute atomic E-state index is 0.368. The fourth-order valence-electron chi connectivity index (χ4n) is 3.27. The van der Waals surface area contributed by atoms with E-state index in [1.807, 2.05) is 12.1 Å². The maximum atomic E-state index is 8.79. The van der Waals surface area contributed by atoms with Crippen molar-refractivity contribution in [3.05, 3.63) is 23.9 Å². The van der Waals surface area contributed by atoms with Crippen LogP contribution in [0.5, 0.6) is 0 Å². The van der Waals surface area contributed by atoms with Crippen LogP contribution in [0.4, 0.5) is 5.82 Å². The van der Waals surface area contributed by atoms with Gasteiger partial charge in [0.15, 0.2) is 0 Å². The van der Waals surface area contributed by atoms with E-state index in [0.29, 0.717) is 23.6 Å². The summed E-state index contributed by atoms with van der Waals surface area (Å²) in [6.45, 7) is 3.88. The number of anilines is 1. The number of aromatic nitrogens is 1. The molecule has 2 heterocycles.